The number of fused-ring (bicyclic) bond motifs is 4. The standard InChI is InChI=1S/C16H16N4O3S/c21-16-17-5-1-6-22-10-2-3-12-11(8-10)15(20-19-12)13-9-24-14(18-13)4-7-23-16/h2-3,8-9H,1,4-7H2,(H,17,21)(H,19,20). The maximum absolute atomic E-state index is 11.6. The van der Waals surface area contributed by atoms with Crippen molar-refractivity contribution in [1.82, 2.24) is 20.5 Å². The summed E-state index contributed by atoms with van der Waals surface area (Å²) >= 11 is 1.54. The number of hydrogen-bond donors (Lipinski definition) is 2. The number of thiazole rings is 1. The number of rotatable bonds is 0. The van der Waals surface area contributed by atoms with E-state index in [2.05, 4.69) is 20.5 Å². The maximum atomic E-state index is 11.6. The smallest absolute Gasteiger partial charge is 0.407 e. The lowest BCUT2D eigenvalue weighted by Gasteiger charge is -2.08. The normalized spacial score (nSPS) is 15.8. The molecule has 1 aromatic carbocycles. The second kappa shape index (κ2) is 6.48. The predicted octanol–water partition coefficient (Wildman–Crippen LogP) is 2.74. The molecule has 1 aliphatic rings. The van der Waals surface area contributed by atoms with Crippen molar-refractivity contribution >= 4 is 28.3 Å². The van der Waals surface area contributed by atoms with E-state index in [1.165, 1.54) is 11.3 Å². The number of alkyl carbamates (subject to hydrolysis) is 1. The van der Waals surface area contributed by atoms with Gasteiger partial charge < -0.3 is 14.8 Å². The van der Waals surface area contributed by atoms with Gasteiger partial charge in [-0.05, 0) is 24.6 Å². The number of carbonyl (C=O) groups excluding carboxylic acids is 1. The lowest BCUT2D eigenvalue weighted by molar-refractivity contribution is 0.146. The number of hydrogen-bond acceptors (Lipinski definition) is 6. The molecule has 0 unspecified atom stereocenters. The molecule has 2 N–H and O–H groups in total. The Morgan fingerprint density at radius 2 is 2.17 bits per heavy atom. The first-order valence-corrected chi connectivity index (χ1v) is 8.64. The van der Waals surface area contributed by atoms with E-state index in [9.17, 15) is 4.79 Å². The number of benzene rings is 1. The average Bonchev–Trinajstić information content (AvgIpc) is 3.20. The lowest BCUT2D eigenvalue weighted by atomic mass is 10.1. The first-order valence-electron chi connectivity index (χ1n) is 7.76. The summed E-state index contributed by atoms with van der Waals surface area (Å²) in [7, 11) is 0. The third-order valence-electron chi connectivity index (χ3n) is 3.74. The highest BCUT2D eigenvalue weighted by molar-refractivity contribution is 7.09. The molecule has 3 heterocycles. The summed E-state index contributed by atoms with van der Waals surface area (Å²) in [5.41, 5.74) is 2.57. The van der Waals surface area contributed by atoms with Gasteiger partial charge in [-0.2, -0.15) is 5.10 Å². The summed E-state index contributed by atoms with van der Waals surface area (Å²) in [5.74, 6) is 0.773. The minimum atomic E-state index is -0.408. The zero-order valence-corrected chi connectivity index (χ0v) is 13.7. The van der Waals surface area contributed by atoms with Gasteiger partial charge in [-0.3, -0.25) is 5.10 Å². The largest absolute Gasteiger partial charge is 0.494 e. The molecule has 4 rings (SSSR count). The van der Waals surface area contributed by atoms with Crippen molar-refractivity contribution in [2.24, 2.45) is 0 Å². The summed E-state index contributed by atoms with van der Waals surface area (Å²) in [6, 6.07) is 5.83. The molecule has 0 aliphatic carbocycles. The van der Waals surface area contributed by atoms with Crippen LogP contribution in [0.3, 0.4) is 0 Å². The molecular formula is C16H16N4O3S. The molecule has 7 nitrogen and oxygen atoms in total. The SMILES string of the molecule is O=C1NCCCOc2ccc3[nH]nc(c3c2)-c2csc(n2)CCO1. The quantitative estimate of drug-likeness (QED) is 0.654. The Hall–Kier alpha value is -2.61. The Morgan fingerprint density at radius 1 is 1.21 bits per heavy atom. The number of carbonyl (C=O) groups is 1. The van der Waals surface area contributed by atoms with Crippen LogP contribution in [-0.2, 0) is 11.2 Å². The van der Waals surface area contributed by atoms with Gasteiger partial charge in [-0.1, -0.05) is 0 Å². The number of H-pyrrole nitrogens is 1. The van der Waals surface area contributed by atoms with E-state index in [1.807, 2.05) is 23.6 Å². The summed E-state index contributed by atoms with van der Waals surface area (Å²) in [4.78, 5) is 16.2. The van der Waals surface area contributed by atoms with E-state index < -0.39 is 6.09 Å². The molecule has 24 heavy (non-hydrogen) atoms. The van der Waals surface area contributed by atoms with Crippen LogP contribution in [0.2, 0.25) is 0 Å². The highest BCUT2D eigenvalue weighted by Gasteiger charge is 2.13. The molecule has 8 heteroatoms. The molecule has 1 aliphatic heterocycles. The molecule has 4 bridgehead atoms. The summed E-state index contributed by atoms with van der Waals surface area (Å²) in [5, 5.41) is 14.0. The molecule has 0 atom stereocenters. The van der Waals surface area contributed by atoms with E-state index >= 15 is 0 Å². The van der Waals surface area contributed by atoms with Gasteiger partial charge in [0.05, 0.1) is 23.7 Å². The van der Waals surface area contributed by atoms with Gasteiger partial charge in [0.25, 0.3) is 0 Å². The Morgan fingerprint density at radius 3 is 3.12 bits per heavy atom. The molecule has 2 aromatic heterocycles. The fourth-order valence-electron chi connectivity index (χ4n) is 2.55. The van der Waals surface area contributed by atoms with Crippen LogP contribution in [0, 0.1) is 0 Å². The predicted molar refractivity (Wildman–Crippen MR) is 90.4 cm³/mol. The first kappa shape index (κ1) is 14.9. The van der Waals surface area contributed by atoms with Crippen molar-refractivity contribution in [3.05, 3.63) is 28.6 Å². The van der Waals surface area contributed by atoms with Gasteiger partial charge in [0.1, 0.15) is 17.1 Å². The number of cyclic esters (lactones) is 1. The number of aromatic nitrogens is 3. The van der Waals surface area contributed by atoms with E-state index in [1.54, 1.807) is 0 Å². The minimum absolute atomic E-state index is 0.306. The van der Waals surface area contributed by atoms with Crippen molar-refractivity contribution < 1.29 is 14.3 Å². The molecule has 124 valence electrons. The monoisotopic (exact) mass is 344 g/mol. The third-order valence-corrected chi connectivity index (χ3v) is 4.65. The van der Waals surface area contributed by atoms with Gasteiger partial charge >= 0.3 is 6.09 Å². The second-order valence-corrected chi connectivity index (χ2v) is 6.36. The Kier molecular flexibility index (Phi) is 4.04. The minimum Gasteiger partial charge on any atom is -0.494 e. The summed E-state index contributed by atoms with van der Waals surface area (Å²) < 4.78 is 10.9. The van der Waals surface area contributed by atoms with Crippen LogP contribution >= 0.6 is 11.3 Å². The Balaban J connectivity index is 1.69. The average molecular weight is 344 g/mol. The molecule has 0 radical (unpaired) electrons. The Bertz CT molecular complexity index is 873. The van der Waals surface area contributed by atoms with Crippen LogP contribution in [0.1, 0.15) is 11.4 Å². The maximum Gasteiger partial charge on any atom is 0.407 e. The second-order valence-electron chi connectivity index (χ2n) is 5.42. The number of amides is 1. The van der Waals surface area contributed by atoms with Gasteiger partial charge in [0.15, 0.2) is 0 Å². The zero-order valence-electron chi connectivity index (χ0n) is 12.9. The van der Waals surface area contributed by atoms with E-state index in [-0.39, 0.29) is 0 Å². The number of nitrogens with one attached hydrogen (secondary N) is 2. The van der Waals surface area contributed by atoms with Crippen LogP contribution in [0.15, 0.2) is 23.6 Å². The molecule has 0 saturated carbocycles. The van der Waals surface area contributed by atoms with Crippen molar-refractivity contribution in [2.75, 3.05) is 19.8 Å². The van der Waals surface area contributed by atoms with Crippen molar-refractivity contribution in [3.8, 4) is 17.1 Å². The van der Waals surface area contributed by atoms with Crippen LogP contribution in [0.5, 0.6) is 5.75 Å². The molecule has 0 fully saturated rings. The molecule has 1 amide bonds. The van der Waals surface area contributed by atoms with Gasteiger partial charge in [0.2, 0.25) is 0 Å². The third kappa shape index (κ3) is 3.05. The molecular weight excluding hydrogens is 328 g/mol. The van der Waals surface area contributed by atoms with Crippen LogP contribution < -0.4 is 10.1 Å². The van der Waals surface area contributed by atoms with Crippen molar-refractivity contribution in [3.63, 3.8) is 0 Å². The molecule has 0 saturated heterocycles. The van der Waals surface area contributed by atoms with E-state index in [0.29, 0.717) is 32.6 Å². The fourth-order valence-corrected chi connectivity index (χ4v) is 3.31. The first-order chi connectivity index (χ1) is 11.8. The number of nitrogens with zero attached hydrogens (tertiary/aromatic N) is 2. The lowest BCUT2D eigenvalue weighted by Crippen LogP contribution is -2.27. The van der Waals surface area contributed by atoms with Crippen LogP contribution in [0.25, 0.3) is 22.3 Å². The van der Waals surface area contributed by atoms with E-state index in [0.717, 1.165) is 33.0 Å². The molecule has 0 spiro atoms. The fraction of sp³-hybridized carbons (Fsp3) is 0.312. The van der Waals surface area contributed by atoms with Crippen molar-refractivity contribution in [2.45, 2.75) is 12.8 Å². The van der Waals surface area contributed by atoms with Gasteiger partial charge in [0, 0.05) is 23.7 Å². The van der Waals surface area contributed by atoms with Crippen LogP contribution in [-0.4, -0.2) is 41.0 Å². The van der Waals surface area contributed by atoms with Crippen LogP contribution in [0.4, 0.5) is 4.79 Å². The zero-order chi connectivity index (χ0) is 16.4. The Labute approximate surface area is 142 Å². The van der Waals surface area contributed by atoms with E-state index in [4.69, 9.17) is 9.47 Å². The highest BCUT2D eigenvalue weighted by Crippen LogP contribution is 2.30. The molecule has 3 aromatic rings. The number of aromatic amines is 1. The number of ether oxygens (including phenoxy) is 2. The summed E-state index contributed by atoms with van der Waals surface area (Å²) in [6.45, 7) is 1.33. The van der Waals surface area contributed by atoms with Gasteiger partial charge in [-0.25, -0.2) is 9.78 Å². The van der Waals surface area contributed by atoms with Gasteiger partial charge in [-0.15, -0.1) is 11.3 Å². The summed E-state index contributed by atoms with van der Waals surface area (Å²) in [6.07, 6.45) is 0.892. The highest BCUT2D eigenvalue weighted by atomic mass is 32.1. The topological polar surface area (TPSA) is 89.1 Å². The van der Waals surface area contributed by atoms with Crippen molar-refractivity contribution in [1.29, 1.82) is 0 Å².